The van der Waals surface area contributed by atoms with Crippen LogP contribution < -0.4 is 14.2 Å². The highest BCUT2D eigenvalue weighted by molar-refractivity contribution is 9.10. The molecule has 6 heteroatoms. The van der Waals surface area contributed by atoms with Crippen molar-refractivity contribution in [1.82, 2.24) is 4.98 Å². The molecule has 1 aromatic heterocycles. The number of hydrogen-bond donors (Lipinski definition) is 0. The van der Waals surface area contributed by atoms with Gasteiger partial charge in [-0.1, -0.05) is 34.1 Å². The van der Waals surface area contributed by atoms with Crippen molar-refractivity contribution in [2.24, 2.45) is 0 Å². The first-order valence-corrected chi connectivity index (χ1v) is 9.51. The van der Waals surface area contributed by atoms with Crippen LogP contribution in [0.4, 0.5) is 0 Å². The molecule has 4 nitrogen and oxygen atoms in total. The van der Waals surface area contributed by atoms with Gasteiger partial charge in [-0.3, -0.25) is 0 Å². The third kappa shape index (κ3) is 4.08. The Morgan fingerprint density at radius 1 is 0.923 bits per heavy atom. The van der Waals surface area contributed by atoms with Crippen LogP contribution in [0.15, 0.2) is 46.3 Å². The number of hydrogen-bond acceptors (Lipinski definition) is 5. The van der Waals surface area contributed by atoms with E-state index in [9.17, 15) is 0 Å². The van der Waals surface area contributed by atoms with Crippen LogP contribution in [-0.4, -0.2) is 26.3 Å². The largest absolute Gasteiger partial charge is 0.493 e. The van der Waals surface area contributed by atoms with Crippen molar-refractivity contribution in [3.8, 4) is 28.5 Å². The monoisotopic (exact) mass is 431 g/mol. The summed E-state index contributed by atoms with van der Waals surface area (Å²) in [6.45, 7) is 0. The van der Waals surface area contributed by atoms with E-state index < -0.39 is 0 Å². The average molecular weight is 432 g/mol. The van der Waals surface area contributed by atoms with Gasteiger partial charge >= 0.3 is 0 Å². The molecule has 0 amide bonds. The van der Waals surface area contributed by atoms with Gasteiger partial charge in [-0.15, -0.1) is 11.3 Å². The molecule has 1 heterocycles. The van der Waals surface area contributed by atoms with E-state index in [1.54, 1.807) is 32.7 Å². The zero-order chi connectivity index (χ0) is 18.5. The normalized spacial score (nSPS) is 10.9. The number of benzene rings is 2. The van der Waals surface area contributed by atoms with Gasteiger partial charge in [0, 0.05) is 15.4 Å². The molecule has 0 aliphatic heterocycles. The third-order valence-corrected chi connectivity index (χ3v) is 5.11. The molecule has 0 aliphatic rings. The van der Waals surface area contributed by atoms with E-state index in [1.165, 1.54) is 0 Å². The van der Waals surface area contributed by atoms with Crippen LogP contribution in [-0.2, 0) is 0 Å². The zero-order valence-electron chi connectivity index (χ0n) is 14.7. The zero-order valence-corrected chi connectivity index (χ0v) is 17.1. The number of rotatable bonds is 6. The first-order chi connectivity index (χ1) is 12.6. The Bertz CT molecular complexity index is 894. The number of aromatic nitrogens is 1. The molecule has 0 N–H and O–H groups in total. The molecule has 3 rings (SSSR count). The summed E-state index contributed by atoms with van der Waals surface area (Å²) in [4.78, 5) is 4.67. The molecule has 2 aromatic carbocycles. The predicted molar refractivity (Wildman–Crippen MR) is 110 cm³/mol. The van der Waals surface area contributed by atoms with Crippen molar-refractivity contribution in [2.45, 2.75) is 0 Å². The van der Waals surface area contributed by atoms with E-state index >= 15 is 0 Å². The van der Waals surface area contributed by atoms with E-state index in [0.29, 0.717) is 17.2 Å². The Hall–Kier alpha value is -2.31. The highest BCUT2D eigenvalue weighted by Gasteiger charge is 2.12. The van der Waals surface area contributed by atoms with E-state index in [4.69, 9.17) is 14.2 Å². The van der Waals surface area contributed by atoms with Gasteiger partial charge in [-0.05, 0) is 35.9 Å². The fraction of sp³-hybridized carbons (Fsp3) is 0.150. The summed E-state index contributed by atoms with van der Waals surface area (Å²) < 4.78 is 17.2. The van der Waals surface area contributed by atoms with Gasteiger partial charge in [0.05, 0.1) is 27.0 Å². The first kappa shape index (κ1) is 18.5. The molecule has 0 saturated heterocycles. The lowest BCUT2D eigenvalue weighted by Crippen LogP contribution is -1.95. The third-order valence-electron chi connectivity index (χ3n) is 3.77. The second kappa shape index (κ2) is 8.38. The number of thiazole rings is 1. The predicted octanol–water partition coefficient (Wildman–Crippen LogP) is 5.77. The van der Waals surface area contributed by atoms with Crippen molar-refractivity contribution in [3.05, 3.63) is 56.8 Å². The number of halogens is 1. The second-order valence-corrected chi connectivity index (χ2v) is 7.18. The molecule has 26 heavy (non-hydrogen) atoms. The van der Waals surface area contributed by atoms with Crippen molar-refractivity contribution < 1.29 is 14.2 Å². The lowest BCUT2D eigenvalue weighted by molar-refractivity contribution is 0.324. The summed E-state index contributed by atoms with van der Waals surface area (Å²) in [6, 6.07) is 11.9. The van der Waals surface area contributed by atoms with Crippen LogP contribution in [0, 0.1) is 0 Å². The van der Waals surface area contributed by atoms with Crippen LogP contribution in [0.25, 0.3) is 23.4 Å². The van der Waals surface area contributed by atoms with Gasteiger partial charge in [-0.25, -0.2) is 4.98 Å². The Morgan fingerprint density at radius 3 is 2.15 bits per heavy atom. The smallest absolute Gasteiger partial charge is 0.203 e. The molecular weight excluding hydrogens is 414 g/mol. The van der Waals surface area contributed by atoms with Gasteiger partial charge in [0.25, 0.3) is 0 Å². The summed E-state index contributed by atoms with van der Waals surface area (Å²) in [5.41, 5.74) is 3.00. The molecule has 0 unspecified atom stereocenters. The number of methoxy groups -OCH3 is 3. The van der Waals surface area contributed by atoms with Gasteiger partial charge < -0.3 is 14.2 Å². The van der Waals surface area contributed by atoms with Crippen LogP contribution in [0.5, 0.6) is 17.2 Å². The van der Waals surface area contributed by atoms with Crippen LogP contribution in [0.2, 0.25) is 0 Å². The Balaban J connectivity index is 1.85. The highest BCUT2D eigenvalue weighted by atomic mass is 79.9. The van der Waals surface area contributed by atoms with E-state index in [0.717, 1.165) is 26.3 Å². The molecule has 0 aliphatic carbocycles. The quantitative estimate of drug-likeness (QED) is 0.496. The maximum Gasteiger partial charge on any atom is 0.203 e. The van der Waals surface area contributed by atoms with Gasteiger partial charge in [0.2, 0.25) is 5.75 Å². The van der Waals surface area contributed by atoms with Crippen molar-refractivity contribution >= 4 is 39.4 Å². The Labute approximate surface area is 165 Å². The molecule has 0 atom stereocenters. The minimum absolute atomic E-state index is 0.582. The van der Waals surface area contributed by atoms with Crippen LogP contribution >= 0.6 is 27.3 Å². The fourth-order valence-corrected chi connectivity index (χ4v) is 3.47. The fourth-order valence-electron chi connectivity index (χ4n) is 2.48. The molecule has 0 fully saturated rings. The molecule has 0 bridgehead atoms. The van der Waals surface area contributed by atoms with Crippen LogP contribution in [0.1, 0.15) is 10.6 Å². The second-order valence-electron chi connectivity index (χ2n) is 5.37. The summed E-state index contributed by atoms with van der Waals surface area (Å²) in [5.74, 6) is 1.83. The molecule has 0 radical (unpaired) electrons. The van der Waals surface area contributed by atoms with Crippen molar-refractivity contribution in [1.29, 1.82) is 0 Å². The average Bonchev–Trinajstić information content (AvgIpc) is 3.15. The number of ether oxygens (including phenoxy) is 3. The van der Waals surface area contributed by atoms with E-state index in [-0.39, 0.29) is 0 Å². The van der Waals surface area contributed by atoms with E-state index in [2.05, 4.69) is 26.3 Å². The molecule has 0 saturated carbocycles. The maximum absolute atomic E-state index is 5.39. The minimum Gasteiger partial charge on any atom is -0.493 e. The van der Waals surface area contributed by atoms with Gasteiger partial charge in [0.1, 0.15) is 5.01 Å². The molecule has 0 spiro atoms. The van der Waals surface area contributed by atoms with Crippen molar-refractivity contribution in [2.75, 3.05) is 21.3 Å². The maximum atomic E-state index is 5.39. The van der Waals surface area contributed by atoms with Gasteiger partial charge in [0.15, 0.2) is 11.5 Å². The lowest BCUT2D eigenvalue weighted by atomic mass is 10.1. The van der Waals surface area contributed by atoms with Crippen molar-refractivity contribution in [3.63, 3.8) is 0 Å². The summed E-state index contributed by atoms with van der Waals surface area (Å²) in [6.07, 6.45) is 3.96. The lowest BCUT2D eigenvalue weighted by Gasteiger charge is -2.12. The van der Waals surface area contributed by atoms with E-state index in [1.807, 2.05) is 48.6 Å². The standard InChI is InChI=1S/C20H18BrNO3S/c1-23-17-10-13(11-18(24-2)20(17)25-3)4-9-19-22-16(12-26-19)14-5-7-15(21)8-6-14/h4-12H,1-3H3/b9-4+. The summed E-state index contributed by atoms with van der Waals surface area (Å²) >= 11 is 5.05. The minimum atomic E-state index is 0.582. The molecular formula is C20H18BrNO3S. The summed E-state index contributed by atoms with van der Waals surface area (Å²) in [7, 11) is 4.81. The SMILES string of the molecule is COc1cc(/C=C/c2nc(-c3ccc(Br)cc3)cs2)cc(OC)c1OC. The topological polar surface area (TPSA) is 40.6 Å². The summed E-state index contributed by atoms with van der Waals surface area (Å²) in [5, 5.41) is 2.98. The highest BCUT2D eigenvalue weighted by Crippen LogP contribution is 2.38. The first-order valence-electron chi connectivity index (χ1n) is 7.84. The van der Waals surface area contributed by atoms with Crippen LogP contribution in [0.3, 0.4) is 0 Å². The molecule has 3 aromatic rings. The number of nitrogens with zero attached hydrogens (tertiary/aromatic N) is 1. The Kier molecular flexibility index (Phi) is 5.96. The molecule has 134 valence electrons. The van der Waals surface area contributed by atoms with Gasteiger partial charge in [-0.2, -0.15) is 0 Å². The Morgan fingerprint density at radius 2 is 1.58 bits per heavy atom.